The highest BCUT2D eigenvalue weighted by molar-refractivity contribution is 14.0. The van der Waals surface area contributed by atoms with Gasteiger partial charge >= 0.3 is 0 Å². The number of guanidine groups is 1. The number of nitrogens with zero attached hydrogens (tertiary/aromatic N) is 2. The number of aliphatic imine (C=N–C) groups is 1. The van der Waals surface area contributed by atoms with Gasteiger partial charge in [0.25, 0.3) is 0 Å². The van der Waals surface area contributed by atoms with Crippen molar-refractivity contribution < 1.29 is 19.0 Å². The summed E-state index contributed by atoms with van der Waals surface area (Å²) in [6.45, 7) is 2.96. The molecule has 1 atom stereocenters. The third-order valence-corrected chi connectivity index (χ3v) is 5.78. The van der Waals surface area contributed by atoms with E-state index in [2.05, 4.69) is 15.6 Å². The highest BCUT2D eigenvalue weighted by atomic mass is 127. The number of likely N-dealkylation sites (tertiary alicyclic amines) is 1. The first-order valence-electron chi connectivity index (χ1n) is 10.5. The number of hydrogen-bond donors (Lipinski definition) is 2. The predicted molar refractivity (Wildman–Crippen MR) is 125 cm³/mol. The zero-order chi connectivity index (χ0) is 20.1. The summed E-state index contributed by atoms with van der Waals surface area (Å²) in [4.78, 5) is 18.9. The zero-order valence-electron chi connectivity index (χ0n) is 17.4. The molecule has 0 bridgehead atoms. The Morgan fingerprint density at radius 3 is 2.83 bits per heavy atom. The third kappa shape index (κ3) is 5.61. The van der Waals surface area contributed by atoms with Gasteiger partial charge in [0.05, 0.1) is 6.54 Å². The molecule has 1 aromatic carbocycles. The maximum absolute atomic E-state index is 12.6. The number of amides is 1. The molecule has 1 amide bonds. The van der Waals surface area contributed by atoms with Crippen LogP contribution in [-0.4, -0.2) is 62.9 Å². The second-order valence-electron chi connectivity index (χ2n) is 7.76. The van der Waals surface area contributed by atoms with Gasteiger partial charge in [0.15, 0.2) is 17.5 Å². The monoisotopic (exact) mass is 530 g/mol. The fourth-order valence-corrected chi connectivity index (χ4v) is 4.20. The van der Waals surface area contributed by atoms with Gasteiger partial charge in [0, 0.05) is 38.2 Å². The third-order valence-electron chi connectivity index (χ3n) is 5.78. The molecule has 0 spiro atoms. The molecule has 0 radical (unpaired) electrons. The van der Waals surface area contributed by atoms with Crippen LogP contribution in [0.3, 0.4) is 0 Å². The van der Waals surface area contributed by atoms with Crippen molar-refractivity contribution in [3.05, 3.63) is 18.2 Å². The molecule has 2 N–H and O–H groups in total. The first-order valence-corrected chi connectivity index (χ1v) is 10.5. The summed E-state index contributed by atoms with van der Waals surface area (Å²) in [6, 6.07) is 5.80. The maximum atomic E-state index is 12.6. The summed E-state index contributed by atoms with van der Waals surface area (Å²) < 4.78 is 16.4. The van der Waals surface area contributed by atoms with Crippen molar-refractivity contribution in [2.24, 2.45) is 10.9 Å². The smallest absolute Gasteiger partial charge is 0.231 e. The lowest BCUT2D eigenvalue weighted by atomic mass is 10.1. The average Bonchev–Trinajstić information content (AvgIpc) is 3.50. The lowest BCUT2D eigenvalue weighted by Crippen LogP contribution is -2.46. The maximum Gasteiger partial charge on any atom is 0.231 e. The molecule has 1 saturated heterocycles. The number of fused-ring (bicyclic) bond motifs is 1. The van der Waals surface area contributed by atoms with Crippen LogP contribution in [0, 0.1) is 5.92 Å². The Labute approximate surface area is 194 Å². The van der Waals surface area contributed by atoms with E-state index in [0.29, 0.717) is 24.8 Å². The minimum Gasteiger partial charge on any atom is -0.492 e. The van der Waals surface area contributed by atoms with Crippen LogP contribution < -0.4 is 24.8 Å². The van der Waals surface area contributed by atoms with E-state index in [9.17, 15) is 4.79 Å². The summed E-state index contributed by atoms with van der Waals surface area (Å²) in [5, 5.41) is 6.70. The summed E-state index contributed by atoms with van der Waals surface area (Å²) in [5.74, 6) is 3.53. The number of rotatable bonds is 6. The van der Waals surface area contributed by atoms with Crippen molar-refractivity contribution in [3.8, 4) is 17.2 Å². The quantitative estimate of drug-likeness (QED) is 0.255. The molecular weight excluding hydrogens is 499 g/mol. The average molecular weight is 530 g/mol. The van der Waals surface area contributed by atoms with E-state index in [-0.39, 0.29) is 42.7 Å². The first-order chi connectivity index (χ1) is 14.2. The second kappa shape index (κ2) is 10.9. The first kappa shape index (κ1) is 22.8. The molecule has 30 heavy (non-hydrogen) atoms. The molecule has 0 aromatic heterocycles. The topological polar surface area (TPSA) is 84.4 Å². The lowest BCUT2D eigenvalue weighted by molar-refractivity contribution is -0.134. The number of halogens is 1. The Kier molecular flexibility index (Phi) is 8.29. The van der Waals surface area contributed by atoms with Crippen LogP contribution >= 0.6 is 24.0 Å². The Hall–Kier alpha value is -1.91. The summed E-state index contributed by atoms with van der Waals surface area (Å²) in [6.07, 6.45) is 5.44. The minimum absolute atomic E-state index is 0. The predicted octanol–water partition coefficient (Wildman–Crippen LogP) is 2.37. The van der Waals surface area contributed by atoms with Crippen LogP contribution in [0.5, 0.6) is 17.2 Å². The molecule has 8 nitrogen and oxygen atoms in total. The van der Waals surface area contributed by atoms with Crippen LogP contribution in [0.25, 0.3) is 0 Å². The van der Waals surface area contributed by atoms with E-state index < -0.39 is 0 Å². The number of carbonyl (C=O) groups is 1. The van der Waals surface area contributed by atoms with Gasteiger partial charge in [-0.05, 0) is 31.4 Å². The van der Waals surface area contributed by atoms with Crippen molar-refractivity contribution >= 4 is 35.8 Å². The van der Waals surface area contributed by atoms with Gasteiger partial charge in [-0.1, -0.05) is 12.8 Å². The Morgan fingerprint density at radius 1 is 1.23 bits per heavy atom. The Morgan fingerprint density at radius 2 is 2.03 bits per heavy atom. The van der Waals surface area contributed by atoms with Crippen LogP contribution in [0.4, 0.5) is 0 Å². The second-order valence-corrected chi connectivity index (χ2v) is 7.76. The zero-order valence-corrected chi connectivity index (χ0v) is 19.7. The van der Waals surface area contributed by atoms with E-state index in [1.165, 1.54) is 12.8 Å². The summed E-state index contributed by atoms with van der Waals surface area (Å²) in [5.41, 5.74) is 0. The molecule has 166 valence electrons. The number of ether oxygens (including phenoxy) is 3. The molecule has 3 aliphatic rings. The summed E-state index contributed by atoms with van der Waals surface area (Å²) in [7, 11) is 1.75. The van der Waals surface area contributed by atoms with Gasteiger partial charge < -0.3 is 29.7 Å². The molecule has 1 aromatic rings. The van der Waals surface area contributed by atoms with E-state index in [1.54, 1.807) is 7.05 Å². The SMILES string of the molecule is CN=C(NCCOc1ccc2c(c1)OCO2)NC1CCN(C(=O)C2CCCC2)C1.I. The molecule has 1 saturated carbocycles. The molecule has 1 aliphatic carbocycles. The van der Waals surface area contributed by atoms with E-state index in [1.807, 2.05) is 23.1 Å². The number of hydrogen-bond acceptors (Lipinski definition) is 5. The standard InChI is InChI=1S/C21H30N4O4.HI/c1-22-21(23-9-11-27-17-6-7-18-19(12-17)29-14-28-18)24-16-8-10-25(13-16)20(26)15-4-2-3-5-15;/h6-7,12,15-16H,2-5,8-11,13-14H2,1H3,(H2,22,23,24);1H. The van der Waals surface area contributed by atoms with Gasteiger partial charge in [-0.15, -0.1) is 24.0 Å². The number of benzene rings is 1. The molecule has 9 heteroatoms. The largest absolute Gasteiger partial charge is 0.492 e. The molecule has 4 rings (SSSR count). The van der Waals surface area contributed by atoms with Gasteiger partial charge in [0.2, 0.25) is 12.7 Å². The van der Waals surface area contributed by atoms with Crippen molar-refractivity contribution in [2.45, 2.75) is 38.1 Å². The molecule has 2 heterocycles. The summed E-state index contributed by atoms with van der Waals surface area (Å²) >= 11 is 0. The van der Waals surface area contributed by atoms with Crippen LogP contribution in [-0.2, 0) is 4.79 Å². The fraction of sp³-hybridized carbons (Fsp3) is 0.619. The van der Waals surface area contributed by atoms with Crippen molar-refractivity contribution in [1.29, 1.82) is 0 Å². The van der Waals surface area contributed by atoms with Crippen molar-refractivity contribution in [3.63, 3.8) is 0 Å². The van der Waals surface area contributed by atoms with Crippen LogP contribution in [0.1, 0.15) is 32.1 Å². The highest BCUT2D eigenvalue weighted by Gasteiger charge is 2.32. The van der Waals surface area contributed by atoms with Gasteiger partial charge in [-0.25, -0.2) is 0 Å². The van der Waals surface area contributed by atoms with Crippen LogP contribution in [0.2, 0.25) is 0 Å². The molecule has 1 unspecified atom stereocenters. The normalized spacial score (nSPS) is 20.8. The van der Waals surface area contributed by atoms with E-state index in [4.69, 9.17) is 14.2 Å². The van der Waals surface area contributed by atoms with Gasteiger partial charge in [0.1, 0.15) is 12.4 Å². The molecule has 2 fully saturated rings. The van der Waals surface area contributed by atoms with Crippen molar-refractivity contribution in [1.82, 2.24) is 15.5 Å². The van der Waals surface area contributed by atoms with E-state index >= 15 is 0 Å². The number of nitrogens with one attached hydrogen (secondary N) is 2. The minimum atomic E-state index is 0. The molecule has 2 aliphatic heterocycles. The van der Waals surface area contributed by atoms with E-state index in [0.717, 1.165) is 49.8 Å². The van der Waals surface area contributed by atoms with Gasteiger partial charge in [-0.2, -0.15) is 0 Å². The Bertz CT molecular complexity index is 755. The van der Waals surface area contributed by atoms with Gasteiger partial charge in [-0.3, -0.25) is 9.79 Å². The fourth-order valence-electron chi connectivity index (χ4n) is 4.20. The molecular formula is C21H31IN4O4. The highest BCUT2D eigenvalue weighted by Crippen LogP contribution is 2.35. The van der Waals surface area contributed by atoms with Crippen molar-refractivity contribution in [2.75, 3.05) is 40.1 Å². The van der Waals surface area contributed by atoms with Crippen LogP contribution in [0.15, 0.2) is 23.2 Å². The number of carbonyl (C=O) groups excluding carboxylic acids is 1. The Balaban J connectivity index is 0.00000256. The lowest BCUT2D eigenvalue weighted by Gasteiger charge is -2.21.